The number of carbonyl (C=O) groups excluding carboxylic acids is 1. The van der Waals surface area contributed by atoms with Crippen molar-refractivity contribution in [2.24, 2.45) is 5.10 Å². The molecule has 2 N–H and O–H groups in total. The molecule has 102 valence electrons. The predicted octanol–water partition coefficient (Wildman–Crippen LogP) is 3.46. The van der Waals surface area contributed by atoms with Gasteiger partial charge in [0.25, 0.3) is 5.91 Å². The monoisotopic (exact) mass is 308 g/mol. The van der Waals surface area contributed by atoms with Gasteiger partial charge >= 0.3 is 0 Å². The number of para-hydroxylation sites is 1. The summed E-state index contributed by atoms with van der Waals surface area (Å²) in [5.74, 6) is -0.603. The Morgan fingerprint density at radius 1 is 1.15 bits per heavy atom. The molecule has 0 fully saturated rings. The van der Waals surface area contributed by atoms with Crippen molar-refractivity contribution in [3.8, 4) is 5.75 Å². The molecule has 0 aliphatic carbocycles. The quantitative estimate of drug-likeness (QED) is 0.674. The Balaban J connectivity index is 2.05. The first kappa shape index (κ1) is 14.4. The minimum absolute atomic E-state index is 0.102. The lowest BCUT2D eigenvalue weighted by Gasteiger charge is -2.02. The van der Waals surface area contributed by atoms with Crippen LogP contribution in [0, 0.1) is 0 Å². The fraction of sp³-hybridized carbons (Fsp3) is 0. The molecule has 4 nitrogen and oxygen atoms in total. The summed E-state index contributed by atoms with van der Waals surface area (Å²) in [4.78, 5) is 11.7. The van der Waals surface area contributed by atoms with E-state index in [0.717, 1.165) is 0 Å². The van der Waals surface area contributed by atoms with E-state index < -0.39 is 5.91 Å². The Hall–Kier alpha value is -2.04. The zero-order valence-corrected chi connectivity index (χ0v) is 11.7. The summed E-state index contributed by atoms with van der Waals surface area (Å²) < 4.78 is 0. The molecule has 2 aromatic rings. The average molecular weight is 309 g/mol. The lowest BCUT2D eigenvalue weighted by Crippen LogP contribution is -2.17. The summed E-state index contributed by atoms with van der Waals surface area (Å²) in [6, 6.07) is 11.2. The molecule has 6 heteroatoms. The van der Waals surface area contributed by atoms with Gasteiger partial charge in [0.15, 0.2) is 0 Å². The smallest absolute Gasteiger partial charge is 0.275 e. The molecule has 0 aliphatic heterocycles. The van der Waals surface area contributed by atoms with E-state index in [9.17, 15) is 9.90 Å². The summed E-state index contributed by atoms with van der Waals surface area (Å²) in [5, 5.41) is 14.2. The van der Waals surface area contributed by atoms with Crippen molar-refractivity contribution < 1.29 is 9.90 Å². The van der Waals surface area contributed by atoms with Crippen LogP contribution in [0.4, 0.5) is 0 Å². The number of aromatic hydroxyl groups is 1. The van der Waals surface area contributed by atoms with Gasteiger partial charge in [-0.25, -0.2) is 5.43 Å². The van der Waals surface area contributed by atoms with Gasteiger partial charge in [0, 0.05) is 0 Å². The lowest BCUT2D eigenvalue weighted by molar-refractivity contribution is 0.0952. The highest BCUT2D eigenvalue weighted by molar-refractivity contribution is 6.42. The van der Waals surface area contributed by atoms with Crippen LogP contribution in [0.5, 0.6) is 5.75 Å². The standard InChI is InChI=1S/C14H10Cl2N2O2/c15-11-6-5-9(7-12(11)16)8-17-18-14(20)10-3-1-2-4-13(10)19/h1-8,19H,(H,18,20)/b17-8-. The summed E-state index contributed by atoms with van der Waals surface area (Å²) in [5.41, 5.74) is 3.16. The fourth-order valence-corrected chi connectivity index (χ4v) is 1.79. The van der Waals surface area contributed by atoms with E-state index in [0.29, 0.717) is 15.6 Å². The molecule has 0 bridgehead atoms. The van der Waals surface area contributed by atoms with E-state index in [4.69, 9.17) is 23.2 Å². The van der Waals surface area contributed by atoms with E-state index in [-0.39, 0.29) is 11.3 Å². The average Bonchev–Trinajstić information content (AvgIpc) is 2.43. The van der Waals surface area contributed by atoms with Crippen molar-refractivity contribution in [3.63, 3.8) is 0 Å². The number of halogens is 2. The Labute approximate surface area is 125 Å². The second-order valence-electron chi connectivity index (χ2n) is 3.89. The van der Waals surface area contributed by atoms with Crippen molar-refractivity contribution in [1.82, 2.24) is 5.43 Å². The van der Waals surface area contributed by atoms with E-state index in [2.05, 4.69) is 10.5 Å². The van der Waals surface area contributed by atoms with Gasteiger partial charge < -0.3 is 5.11 Å². The summed E-state index contributed by atoms with van der Waals surface area (Å²) in [6.07, 6.45) is 1.43. The van der Waals surface area contributed by atoms with Crippen LogP contribution in [0.25, 0.3) is 0 Å². The van der Waals surface area contributed by atoms with Gasteiger partial charge in [-0.1, -0.05) is 41.4 Å². The van der Waals surface area contributed by atoms with Crippen molar-refractivity contribution >= 4 is 35.3 Å². The van der Waals surface area contributed by atoms with Gasteiger partial charge in [0.2, 0.25) is 0 Å². The van der Waals surface area contributed by atoms with Crippen LogP contribution in [0.3, 0.4) is 0 Å². The Bertz CT molecular complexity index is 672. The number of hydrazone groups is 1. The molecule has 0 saturated carbocycles. The minimum Gasteiger partial charge on any atom is -0.507 e. The molecule has 0 spiro atoms. The number of carbonyl (C=O) groups is 1. The zero-order valence-electron chi connectivity index (χ0n) is 10.2. The number of nitrogens with one attached hydrogen (secondary N) is 1. The number of benzene rings is 2. The third-order valence-corrected chi connectivity index (χ3v) is 3.21. The van der Waals surface area contributed by atoms with E-state index >= 15 is 0 Å². The van der Waals surface area contributed by atoms with Crippen LogP contribution in [-0.2, 0) is 0 Å². The largest absolute Gasteiger partial charge is 0.507 e. The highest BCUT2D eigenvalue weighted by Gasteiger charge is 2.08. The van der Waals surface area contributed by atoms with Gasteiger partial charge in [0.05, 0.1) is 21.8 Å². The third kappa shape index (κ3) is 3.50. The van der Waals surface area contributed by atoms with Crippen LogP contribution in [0.15, 0.2) is 47.6 Å². The number of amides is 1. The van der Waals surface area contributed by atoms with Gasteiger partial charge in [-0.05, 0) is 29.8 Å². The second kappa shape index (κ2) is 6.41. The maximum Gasteiger partial charge on any atom is 0.275 e. The normalized spacial score (nSPS) is 10.7. The predicted molar refractivity (Wildman–Crippen MR) is 79.6 cm³/mol. The molecule has 0 saturated heterocycles. The number of hydrogen-bond donors (Lipinski definition) is 2. The topological polar surface area (TPSA) is 61.7 Å². The zero-order chi connectivity index (χ0) is 14.5. The SMILES string of the molecule is O=C(N/N=C\c1ccc(Cl)c(Cl)c1)c1ccccc1O. The maximum atomic E-state index is 11.7. The fourth-order valence-electron chi connectivity index (χ4n) is 1.48. The molecule has 2 rings (SSSR count). The lowest BCUT2D eigenvalue weighted by atomic mass is 10.2. The minimum atomic E-state index is -0.501. The highest BCUT2D eigenvalue weighted by atomic mass is 35.5. The number of hydrogen-bond acceptors (Lipinski definition) is 3. The van der Waals surface area contributed by atoms with Crippen molar-refractivity contribution in [2.45, 2.75) is 0 Å². The molecule has 0 aliphatic rings. The molecule has 0 heterocycles. The number of nitrogens with zero attached hydrogens (tertiary/aromatic N) is 1. The number of phenolic OH excluding ortho intramolecular Hbond substituents is 1. The highest BCUT2D eigenvalue weighted by Crippen LogP contribution is 2.21. The van der Waals surface area contributed by atoms with E-state index in [1.807, 2.05) is 0 Å². The first-order chi connectivity index (χ1) is 9.58. The molecule has 1 amide bonds. The van der Waals surface area contributed by atoms with Crippen LogP contribution >= 0.6 is 23.2 Å². The number of rotatable bonds is 3. The van der Waals surface area contributed by atoms with E-state index in [1.165, 1.54) is 18.3 Å². The molecule has 2 aromatic carbocycles. The summed E-state index contributed by atoms with van der Waals surface area (Å²) >= 11 is 11.6. The van der Waals surface area contributed by atoms with Crippen molar-refractivity contribution in [2.75, 3.05) is 0 Å². The molecule has 0 radical (unpaired) electrons. The van der Waals surface area contributed by atoms with Crippen LogP contribution in [0.2, 0.25) is 10.0 Å². The molecule has 20 heavy (non-hydrogen) atoms. The summed E-state index contributed by atoms with van der Waals surface area (Å²) in [6.45, 7) is 0. The van der Waals surface area contributed by atoms with Crippen LogP contribution in [0.1, 0.15) is 15.9 Å². The van der Waals surface area contributed by atoms with Gasteiger partial charge in [-0.2, -0.15) is 5.10 Å². The Morgan fingerprint density at radius 2 is 1.90 bits per heavy atom. The second-order valence-corrected chi connectivity index (χ2v) is 4.70. The van der Waals surface area contributed by atoms with Crippen LogP contribution in [-0.4, -0.2) is 17.2 Å². The number of phenols is 1. The molecular weight excluding hydrogens is 299 g/mol. The Kier molecular flexibility index (Phi) is 4.61. The van der Waals surface area contributed by atoms with Gasteiger partial charge in [-0.15, -0.1) is 0 Å². The Morgan fingerprint density at radius 3 is 2.60 bits per heavy atom. The molecular formula is C14H10Cl2N2O2. The van der Waals surface area contributed by atoms with Crippen molar-refractivity contribution in [3.05, 3.63) is 63.6 Å². The van der Waals surface area contributed by atoms with E-state index in [1.54, 1.807) is 30.3 Å². The maximum absolute atomic E-state index is 11.7. The van der Waals surface area contributed by atoms with Crippen LogP contribution < -0.4 is 5.43 Å². The van der Waals surface area contributed by atoms with Crippen molar-refractivity contribution in [1.29, 1.82) is 0 Å². The molecule has 0 aromatic heterocycles. The first-order valence-electron chi connectivity index (χ1n) is 5.64. The molecule has 0 atom stereocenters. The first-order valence-corrected chi connectivity index (χ1v) is 6.40. The third-order valence-electron chi connectivity index (χ3n) is 2.47. The molecule has 0 unspecified atom stereocenters. The summed E-state index contributed by atoms with van der Waals surface area (Å²) in [7, 11) is 0. The van der Waals surface area contributed by atoms with Gasteiger partial charge in [-0.3, -0.25) is 4.79 Å². The van der Waals surface area contributed by atoms with Gasteiger partial charge in [0.1, 0.15) is 5.75 Å².